The van der Waals surface area contributed by atoms with Crippen LogP contribution in [0.1, 0.15) is 62.4 Å². The number of rotatable bonds is 4. The average Bonchev–Trinajstić information content (AvgIpc) is 2.83. The molecule has 0 saturated heterocycles. The van der Waals surface area contributed by atoms with E-state index in [4.69, 9.17) is 5.11 Å². The second-order valence-electron chi connectivity index (χ2n) is 4.62. The van der Waals surface area contributed by atoms with Gasteiger partial charge in [0.05, 0.1) is 0 Å². The quantitative estimate of drug-likeness (QED) is 0.870. The van der Waals surface area contributed by atoms with Crippen molar-refractivity contribution in [2.45, 2.75) is 50.9 Å². The Morgan fingerprint density at radius 1 is 1.53 bits per heavy atom. The van der Waals surface area contributed by atoms with Gasteiger partial charge in [0.1, 0.15) is 11.7 Å². The van der Waals surface area contributed by atoms with Gasteiger partial charge in [0, 0.05) is 17.8 Å². The first-order chi connectivity index (χ1) is 8.22. The Morgan fingerprint density at radius 2 is 2.24 bits per heavy atom. The van der Waals surface area contributed by atoms with Crippen LogP contribution in [0.4, 0.5) is 0 Å². The first-order valence-corrected chi connectivity index (χ1v) is 6.28. The Bertz CT molecular complexity index is 400. The third kappa shape index (κ3) is 2.62. The summed E-state index contributed by atoms with van der Waals surface area (Å²) in [5.74, 6) is -0.445. The van der Waals surface area contributed by atoms with Crippen molar-refractivity contribution in [3.8, 4) is 0 Å². The molecule has 1 aliphatic carbocycles. The Labute approximate surface area is 101 Å². The molecule has 1 aromatic heterocycles. The molecule has 0 bridgehead atoms. The summed E-state index contributed by atoms with van der Waals surface area (Å²) in [6, 6.07) is 1.92. The second kappa shape index (κ2) is 5.25. The fourth-order valence-corrected chi connectivity index (χ4v) is 2.47. The molecule has 92 valence electrons. The van der Waals surface area contributed by atoms with Crippen molar-refractivity contribution in [3.05, 3.63) is 23.8 Å². The lowest BCUT2D eigenvalue weighted by Gasteiger charge is -2.12. The lowest BCUT2D eigenvalue weighted by molar-refractivity contribution is -0.139. The van der Waals surface area contributed by atoms with Crippen molar-refractivity contribution in [2.75, 3.05) is 0 Å². The topological polar surface area (TPSA) is 63.1 Å². The molecule has 2 rings (SSSR count). The van der Waals surface area contributed by atoms with Gasteiger partial charge in [-0.25, -0.2) is 9.97 Å². The van der Waals surface area contributed by atoms with Gasteiger partial charge in [-0.3, -0.25) is 4.79 Å². The number of carbonyl (C=O) groups is 1. The first-order valence-electron chi connectivity index (χ1n) is 6.28. The summed E-state index contributed by atoms with van der Waals surface area (Å²) >= 11 is 0. The summed E-state index contributed by atoms with van der Waals surface area (Å²) in [6.07, 6.45) is 7.06. The molecule has 1 aromatic rings. The Balaban J connectivity index is 2.23. The van der Waals surface area contributed by atoms with Crippen LogP contribution in [0.5, 0.6) is 0 Å². The van der Waals surface area contributed by atoms with E-state index in [9.17, 15) is 4.79 Å². The van der Waals surface area contributed by atoms with Crippen LogP contribution in [0.25, 0.3) is 0 Å². The van der Waals surface area contributed by atoms with Gasteiger partial charge in [-0.1, -0.05) is 19.8 Å². The minimum absolute atomic E-state index is 0.462. The highest BCUT2D eigenvalue weighted by atomic mass is 16.4. The van der Waals surface area contributed by atoms with Crippen molar-refractivity contribution in [1.82, 2.24) is 9.97 Å². The van der Waals surface area contributed by atoms with Crippen LogP contribution >= 0.6 is 0 Å². The highest BCUT2D eigenvalue weighted by molar-refractivity contribution is 5.74. The zero-order valence-electron chi connectivity index (χ0n) is 10.1. The summed E-state index contributed by atoms with van der Waals surface area (Å²) in [6.45, 7) is 1.85. The number of carboxylic acids is 1. The largest absolute Gasteiger partial charge is 0.481 e. The Hall–Kier alpha value is -1.45. The molecule has 0 spiro atoms. The van der Waals surface area contributed by atoms with Crippen LogP contribution in [0.3, 0.4) is 0 Å². The summed E-state index contributed by atoms with van der Waals surface area (Å²) < 4.78 is 0. The molecular formula is C13H18N2O2. The van der Waals surface area contributed by atoms with Crippen LogP contribution in [-0.2, 0) is 4.79 Å². The van der Waals surface area contributed by atoms with Crippen molar-refractivity contribution in [2.24, 2.45) is 0 Å². The van der Waals surface area contributed by atoms with E-state index < -0.39 is 11.9 Å². The zero-order valence-corrected chi connectivity index (χ0v) is 10.1. The van der Waals surface area contributed by atoms with Gasteiger partial charge in [-0.15, -0.1) is 0 Å². The van der Waals surface area contributed by atoms with E-state index in [0.717, 1.165) is 5.69 Å². The third-order valence-corrected chi connectivity index (χ3v) is 3.49. The molecule has 1 unspecified atom stereocenters. The molecule has 1 saturated carbocycles. The van der Waals surface area contributed by atoms with Crippen LogP contribution in [0, 0.1) is 0 Å². The molecule has 1 aliphatic rings. The maximum absolute atomic E-state index is 11.1. The molecule has 0 radical (unpaired) electrons. The normalized spacial score (nSPS) is 18.2. The van der Waals surface area contributed by atoms with E-state index in [1.54, 1.807) is 6.20 Å². The Morgan fingerprint density at radius 3 is 2.82 bits per heavy atom. The van der Waals surface area contributed by atoms with Gasteiger partial charge in [0.2, 0.25) is 0 Å². The van der Waals surface area contributed by atoms with Crippen molar-refractivity contribution in [1.29, 1.82) is 0 Å². The summed E-state index contributed by atoms with van der Waals surface area (Å²) in [4.78, 5) is 19.7. The molecule has 1 fully saturated rings. The highest BCUT2D eigenvalue weighted by Gasteiger charge is 2.23. The fourth-order valence-electron chi connectivity index (χ4n) is 2.47. The van der Waals surface area contributed by atoms with Crippen molar-refractivity contribution < 1.29 is 9.90 Å². The summed E-state index contributed by atoms with van der Waals surface area (Å²) in [7, 11) is 0. The SMILES string of the molecule is CCC(C(=O)O)c1nccc(C2CCCC2)n1. The lowest BCUT2D eigenvalue weighted by Crippen LogP contribution is -2.15. The number of carboxylic acid groups (broad SMARTS) is 1. The van der Waals surface area contributed by atoms with E-state index in [1.807, 2.05) is 13.0 Å². The monoisotopic (exact) mass is 234 g/mol. The maximum Gasteiger partial charge on any atom is 0.314 e. The van der Waals surface area contributed by atoms with E-state index in [2.05, 4.69) is 9.97 Å². The maximum atomic E-state index is 11.1. The number of nitrogens with zero attached hydrogens (tertiary/aromatic N) is 2. The molecule has 1 N–H and O–H groups in total. The standard InChI is InChI=1S/C13H18N2O2/c1-2-10(13(16)17)12-14-8-7-11(15-12)9-5-3-4-6-9/h7-10H,2-6H2,1H3,(H,16,17). The van der Waals surface area contributed by atoms with Crippen LogP contribution in [0.2, 0.25) is 0 Å². The Kier molecular flexibility index (Phi) is 3.71. The van der Waals surface area contributed by atoms with Crippen molar-refractivity contribution >= 4 is 5.97 Å². The number of hydrogen-bond donors (Lipinski definition) is 1. The molecule has 17 heavy (non-hydrogen) atoms. The molecule has 1 atom stereocenters. The van der Waals surface area contributed by atoms with Gasteiger partial charge in [0.25, 0.3) is 0 Å². The molecule has 1 heterocycles. The lowest BCUT2D eigenvalue weighted by atomic mass is 10.0. The van der Waals surface area contributed by atoms with E-state index in [-0.39, 0.29) is 0 Å². The molecule has 4 heteroatoms. The predicted molar refractivity (Wildman–Crippen MR) is 63.9 cm³/mol. The van der Waals surface area contributed by atoms with Crippen LogP contribution in [-0.4, -0.2) is 21.0 Å². The zero-order chi connectivity index (χ0) is 12.3. The van der Waals surface area contributed by atoms with Gasteiger partial charge >= 0.3 is 5.97 Å². The minimum Gasteiger partial charge on any atom is -0.481 e. The van der Waals surface area contributed by atoms with Crippen LogP contribution in [0.15, 0.2) is 12.3 Å². The number of aromatic nitrogens is 2. The summed E-state index contributed by atoms with van der Waals surface area (Å²) in [5.41, 5.74) is 1.02. The van der Waals surface area contributed by atoms with Gasteiger partial charge in [-0.05, 0) is 25.3 Å². The summed E-state index contributed by atoms with van der Waals surface area (Å²) in [5, 5.41) is 9.10. The van der Waals surface area contributed by atoms with Crippen LogP contribution < -0.4 is 0 Å². The molecule has 4 nitrogen and oxygen atoms in total. The van der Waals surface area contributed by atoms with E-state index in [1.165, 1.54) is 25.7 Å². The first kappa shape index (κ1) is 12.0. The highest BCUT2D eigenvalue weighted by Crippen LogP contribution is 2.33. The molecular weight excluding hydrogens is 216 g/mol. The third-order valence-electron chi connectivity index (χ3n) is 3.49. The van der Waals surface area contributed by atoms with Gasteiger partial charge in [-0.2, -0.15) is 0 Å². The minimum atomic E-state index is -0.837. The number of aliphatic carboxylic acids is 1. The van der Waals surface area contributed by atoms with Gasteiger partial charge < -0.3 is 5.11 Å². The smallest absolute Gasteiger partial charge is 0.314 e. The molecule has 0 aliphatic heterocycles. The molecule has 0 amide bonds. The van der Waals surface area contributed by atoms with Crippen molar-refractivity contribution in [3.63, 3.8) is 0 Å². The van der Waals surface area contributed by atoms with E-state index >= 15 is 0 Å². The van der Waals surface area contributed by atoms with Gasteiger partial charge in [0.15, 0.2) is 0 Å². The molecule has 0 aromatic carbocycles. The fraction of sp³-hybridized carbons (Fsp3) is 0.615. The average molecular weight is 234 g/mol. The second-order valence-corrected chi connectivity index (χ2v) is 4.62. The predicted octanol–water partition coefficient (Wildman–Crippen LogP) is 2.71. The van der Waals surface area contributed by atoms with E-state index in [0.29, 0.717) is 18.2 Å². The number of hydrogen-bond acceptors (Lipinski definition) is 3.